The monoisotopic (exact) mass is 285 g/mol. The van der Waals surface area contributed by atoms with E-state index < -0.39 is 0 Å². The first-order valence-corrected chi connectivity index (χ1v) is 7.77. The van der Waals surface area contributed by atoms with Crippen molar-refractivity contribution in [2.75, 3.05) is 7.11 Å². The Bertz CT molecular complexity index is 697. The summed E-state index contributed by atoms with van der Waals surface area (Å²) >= 11 is 0. The van der Waals surface area contributed by atoms with Crippen LogP contribution in [-0.4, -0.2) is 17.6 Å². The minimum Gasteiger partial charge on any atom is -0.465 e. The third-order valence-corrected chi connectivity index (χ3v) is 4.59. The van der Waals surface area contributed by atoms with Crippen LogP contribution in [-0.2, 0) is 17.6 Å². The van der Waals surface area contributed by atoms with Gasteiger partial charge in [-0.25, -0.2) is 4.79 Å². The summed E-state index contributed by atoms with van der Waals surface area (Å²) in [5.74, 6) is 0.468. The fourth-order valence-corrected chi connectivity index (χ4v) is 3.66. The van der Waals surface area contributed by atoms with Crippen LogP contribution in [0.4, 0.5) is 0 Å². The molecule has 0 aliphatic heterocycles. The first-order valence-electron chi connectivity index (χ1n) is 7.77. The molecule has 1 atom stereocenters. The van der Waals surface area contributed by atoms with Crippen LogP contribution < -0.4 is 0 Å². The Labute approximate surface area is 125 Å². The smallest absolute Gasteiger partial charge is 0.340 e. The lowest BCUT2D eigenvalue weighted by Gasteiger charge is -2.22. The first-order chi connectivity index (χ1) is 10.0. The van der Waals surface area contributed by atoms with Gasteiger partial charge in [-0.3, -0.25) is 0 Å². The Morgan fingerprint density at radius 2 is 2.14 bits per heavy atom. The molecule has 0 saturated carbocycles. The number of ether oxygens (including phenoxy) is 1. The van der Waals surface area contributed by atoms with Gasteiger partial charge in [0.1, 0.15) is 0 Å². The van der Waals surface area contributed by atoms with E-state index in [1.165, 1.54) is 30.2 Å². The fraction of sp³-hybridized carbons (Fsp3) is 0.500. The van der Waals surface area contributed by atoms with E-state index in [1.807, 2.05) is 12.1 Å². The second kappa shape index (κ2) is 5.21. The number of rotatable bonds is 2. The van der Waals surface area contributed by atoms with Gasteiger partial charge in [0.15, 0.2) is 0 Å². The zero-order chi connectivity index (χ0) is 15.1. The van der Waals surface area contributed by atoms with Crippen LogP contribution in [0.2, 0.25) is 0 Å². The third-order valence-electron chi connectivity index (χ3n) is 4.59. The van der Waals surface area contributed by atoms with Gasteiger partial charge in [-0.1, -0.05) is 19.1 Å². The number of carbonyl (C=O) groups excluding carboxylic acids is 1. The zero-order valence-electron chi connectivity index (χ0n) is 13.3. The number of nitrogens with zero attached hydrogens (tertiary/aromatic N) is 1. The highest BCUT2D eigenvalue weighted by molar-refractivity contribution is 6.04. The van der Waals surface area contributed by atoms with Crippen molar-refractivity contribution >= 4 is 16.9 Å². The van der Waals surface area contributed by atoms with Crippen molar-refractivity contribution in [2.24, 2.45) is 5.92 Å². The van der Waals surface area contributed by atoms with Gasteiger partial charge in [0, 0.05) is 17.1 Å². The minimum absolute atomic E-state index is 0.245. The molecule has 3 rings (SSSR count). The van der Waals surface area contributed by atoms with Gasteiger partial charge < -0.3 is 9.30 Å². The van der Waals surface area contributed by atoms with Gasteiger partial charge in [-0.05, 0) is 50.7 Å². The van der Waals surface area contributed by atoms with Gasteiger partial charge in [-0.2, -0.15) is 0 Å². The lowest BCUT2D eigenvalue weighted by Crippen LogP contribution is -2.15. The summed E-state index contributed by atoms with van der Waals surface area (Å²) in [7, 11) is 1.45. The maximum atomic E-state index is 12.1. The van der Waals surface area contributed by atoms with E-state index in [4.69, 9.17) is 4.74 Å². The van der Waals surface area contributed by atoms with Gasteiger partial charge in [0.2, 0.25) is 0 Å². The van der Waals surface area contributed by atoms with E-state index in [0.717, 1.165) is 18.4 Å². The van der Waals surface area contributed by atoms with Crippen molar-refractivity contribution in [3.05, 3.63) is 35.0 Å². The summed E-state index contributed by atoms with van der Waals surface area (Å²) in [5, 5.41) is 1.23. The molecule has 0 spiro atoms. The van der Waals surface area contributed by atoms with E-state index in [9.17, 15) is 4.79 Å². The Kier molecular flexibility index (Phi) is 3.52. The number of methoxy groups -OCH3 is 1. The molecule has 21 heavy (non-hydrogen) atoms. The number of benzene rings is 1. The number of para-hydroxylation sites is 1. The van der Waals surface area contributed by atoms with E-state index in [-0.39, 0.29) is 5.97 Å². The highest BCUT2D eigenvalue weighted by atomic mass is 16.5. The summed E-state index contributed by atoms with van der Waals surface area (Å²) in [6.45, 7) is 6.68. The molecule has 1 aliphatic carbocycles. The molecule has 0 radical (unpaired) electrons. The molecule has 1 heterocycles. The van der Waals surface area contributed by atoms with Crippen LogP contribution in [0.3, 0.4) is 0 Å². The SMILES string of the molecule is COC(=O)c1cccc2c3c(n(C(C)C)c12)CCC(C)C3. The lowest BCUT2D eigenvalue weighted by molar-refractivity contribution is 0.0602. The molecule has 0 saturated heterocycles. The molecule has 3 nitrogen and oxygen atoms in total. The number of hydrogen-bond donors (Lipinski definition) is 0. The van der Waals surface area contributed by atoms with Crippen molar-refractivity contribution in [3.8, 4) is 0 Å². The van der Waals surface area contributed by atoms with E-state index in [1.54, 1.807) is 0 Å². The highest BCUT2D eigenvalue weighted by Crippen LogP contribution is 2.37. The van der Waals surface area contributed by atoms with Crippen LogP contribution in [0.1, 0.15) is 54.8 Å². The zero-order valence-corrected chi connectivity index (χ0v) is 13.3. The van der Waals surface area contributed by atoms with Crippen LogP contribution in [0, 0.1) is 5.92 Å². The average Bonchev–Trinajstić information content (AvgIpc) is 2.80. The number of carbonyl (C=O) groups is 1. The molecular weight excluding hydrogens is 262 g/mol. The second-order valence-electron chi connectivity index (χ2n) is 6.43. The third kappa shape index (κ3) is 2.15. The largest absolute Gasteiger partial charge is 0.465 e. The van der Waals surface area contributed by atoms with Gasteiger partial charge in [0.25, 0.3) is 0 Å². The van der Waals surface area contributed by atoms with Crippen LogP contribution in [0.25, 0.3) is 10.9 Å². The van der Waals surface area contributed by atoms with Crippen molar-refractivity contribution in [1.82, 2.24) is 4.57 Å². The van der Waals surface area contributed by atoms with E-state index in [0.29, 0.717) is 17.5 Å². The molecule has 0 fully saturated rings. The quantitative estimate of drug-likeness (QED) is 0.777. The van der Waals surface area contributed by atoms with Crippen LogP contribution in [0.5, 0.6) is 0 Å². The normalized spacial score (nSPS) is 18.0. The topological polar surface area (TPSA) is 31.2 Å². The van der Waals surface area contributed by atoms with E-state index >= 15 is 0 Å². The van der Waals surface area contributed by atoms with Gasteiger partial charge >= 0.3 is 5.97 Å². The summed E-state index contributed by atoms with van der Waals surface area (Å²) in [6, 6.07) is 6.34. The van der Waals surface area contributed by atoms with Crippen LogP contribution in [0.15, 0.2) is 18.2 Å². The van der Waals surface area contributed by atoms with Gasteiger partial charge in [-0.15, -0.1) is 0 Å². The number of hydrogen-bond acceptors (Lipinski definition) is 2. The molecule has 112 valence electrons. The van der Waals surface area contributed by atoms with Crippen LogP contribution >= 0.6 is 0 Å². The molecule has 1 unspecified atom stereocenters. The maximum absolute atomic E-state index is 12.1. The lowest BCUT2D eigenvalue weighted by atomic mass is 9.87. The summed E-state index contributed by atoms with van der Waals surface area (Å²) in [6.07, 6.45) is 3.43. The van der Waals surface area contributed by atoms with E-state index in [2.05, 4.69) is 31.4 Å². The standard InChI is InChI=1S/C18H23NO2/c1-11(2)19-16-9-8-12(3)10-15(16)13-6-5-7-14(17(13)19)18(20)21-4/h5-7,11-12H,8-10H2,1-4H3. The molecule has 0 bridgehead atoms. The molecule has 1 aromatic heterocycles. The number of fused-ring (bicyclic) bond motifs is 3. The van der Waals surface area contributed by atoms with Gasteiger partial charge in [0.05, 0.1) is 18.2 Å². The second-order valence-corrected chi connectivity index (χ2v) is 6.43. The molecule has 2 aromatic rings. The number of aromatic nitrogens is 1. The summed E-state index contributed by atoms with van der Waals surface area (Å²) in [5.41, 5.74) is 4.59. The Hall–Kier alpha value is -1.77. The summed E-state index contributed by atoms with van der Waals surface area (Å²) < 4.78 is 7.33. The predicted octanol–water partition coefficient (Wildman–Crippen LogP) is 4.13. The van der Waals surface area contributed by atoms with Crippen molar-refractivity contribution in [1.29, 1.82) is 0 Å². The Balaban J connectivity index is 2.36. The van der Waals surface area contributed by atoms with Crippen molar-refractivity contribution < 1.29 is 9.53 Å². The molecule has 0 N–H and O–H groups in total. The fourth-order valence-electron chi connectivity index (χ4n) is 3.66. The average molecular weight is 285 g/mol. The first kappa shape index (κ1) is 14.2. The van der Waals surface area contributed by atoms with Crippen molar-refractivity contribution in [3.63, 3.8) is 0 Å². The van der Waals surface area contributed by atoms with Crippen molar-refractivity contribution in [2.45, 2.75) is 46.1 Å². The Morgan fingerprint density at radius 1 is 1.38 bits per heavy atom. The highest BCUT2D eigenvalue weighted by Gasteiger charge is 2.27. The predicted molar refractivity (Wildman–Crippen MR) is 84.9 cm³/mol. The molecule has 1 aliphatic rings. The summed E-state index contributed by atoms with van der Waals surface area (Å²) in [4.78, 5) is 12.1. The molecule has 1 aromatic carbocycles. The number of esters is 1. The Morgan fingerprint density at radius 3 is 2.81 bits per heavy atom. The molecular formula is C18H23NO2. The molecule has 0 amide bonds. The molecule has 3 heteroatoms. The maximum Gasteiger partial charge on any atom is 0.340 e. The minimum atomic E-state index is -0.245.